The van der Waals surface area contributed by atoms with Crippen LogP contribution in [0.1, 0.15) is 0 Å². The lowest BCUT2D eigenvalue weighted by molar-refractivity contribution is 0.654. The van der Waals surface area contributed by atoms with E-state index in [2.05, 4.69) is 78.9 Å². The van der Waals surface area contributed by atoms with Crippen LogP contribution >= 0.6 is 0 Å². The molecule has 6 aromatic carbocycles. The van der Waals surface area contributed by atoms with Crippen LogP contribution in [0.3, 0.4) is 0 Å². The molecule has 4 aromatic heterocycles. The summed E-state index contributed by atoms with van der Waals surface area (Å²) >= 11 is 0. The molecule has 0 aliphatic heterocycles. The molecule has 6 heteroatoms. The molecule has 0 amide bonds. The second-order valence-electron chi connectivity index (χ2n) is 12.5. The molecule has 0 aliphatic carbocycles. The van der Waals surface area contributed by atoms with Gasteiger partial charge in [0.1, 0.15) is 5.58 Å². The van der Waals surface area contributed by atoms with E-state index in [0.29, 0.717) is 23.2 Å². The fourth-order valence-electron chi connectivity index (χ4n) is 6.97. The Hall–Kier alpha value is -7.05. The summed E-state index contributed by atoms with van der Waals surface area (Å²) in [6.45, 7) is 0. The minimum atomic E-state index is 0.614. The van der Waals surface area contributed by atoms with Crippen molar-refractivity contribution in [3.63, 3.8) is 0 Å². The monoisotopic (exact) mass is 653 g/mol. The van der Waals surface area contributed by atoms with Gasteiger partial charge in [-0.05, 0) is 58.3 Å². The molecular weight excluding hydrogens is 627 g/mol. The molecule has 0 saturated heterocycles. The van der Waals surface area contributed by atoms with Crippen molar-refractivity contribution < 1.29 is 4.42 Å². The van der Waals surface area contributed by atoms with Crippen molar-refractivity contribution in [3.05, 3.63) is 164 Å². The fraction of sp³-hybridized carbons (Fsp3) is 0. The van der Waals surface area contributed by atoms with E-state index in [1.807, 2.05) is 85.1 Å². The molecule has 0 bridgehead atoms. The molecule has 0 unspecified atom stereocenters. The van der Waals surface area contributed by atoms with Crippen molar-refractivity contribution in [2.75, 3.05) is 0 Å². The second-order valence-corrected chi connectivity index (χ2v) is 12.5. The molecular formula is C45H27N5O. The van der Waals surface area contributed by atoms with Crippen molar-refractivity contribution in [1.82, 2.24) is 24.9 Å². The van der Waals surface area contributed by atoms with Gasteiger partial charge in [0.25, 0.3) is 0 Å². The van der Waals surface area contributed by atoms with Crippen molar-refractivity contribution in [2.45, 2.75) is 0 Å². The van der Waals surface area contributed by atoms with Gasteiger partial charge in [-0.2, -0.15) is 0 Å². The van der Waals surface area contributed by atoms with Gasteiger partial charge in [-0.1, -0.05) is 121 Å². The number of benzene rings is 6. The van der Waals surface area contributed by atoms with Crippen LogP contribution < -0.4 is 0 Å². The molecule has 0 N–H and O–H groups in total. The number of fused-ring (bicyclic) bond motifs is 5. The van der Waals surface area contributed by atoms with E-state index >= 15 is 0 Å². The van der Waals surface area contributed by atoms with E-state index in [-0.39, 0.29) is 0 Å². The van der Waals surface area contributed by atoms with Crippen LogP contribution in [0.5, 0.6) is 0 Å². The van der Waals surface area contributed by atoms with Crippen LogP contribution in [0.2, 0.25) is 0 Å². The Morgan fingerprint density at radius 3 is 1.84 bits per heavy atom. The van der Waals surface area contributed by atoms with Crippen LogP contribution in [0.25, 0.3) is 100 Å². The van der Waals surface area contributed by atoms with Crippen molar-refractivity contribution in [1.29, 1.82) is 0 Å². The van der Waals surface area contributed by atoms with Gasteiger partial charge >= 0.3 is 0 Å². The van der Waals surface area contributed by atoms with Crippen molar-refractivity contribution >= 4 is 43.7 Å². The fourth-order valence-corrected chi connectivity index (χ4v) is 6.97. The van der Waals surface area contributed by atoms with E-state index in [4.69, 9.17) is 29.3 Å². The maximum Gasteiger partial charge on any atom is 0.227 e. The Kier molecular flexibility index (Phi) is 6.70. The predicted octanol–water partition coefficient (Wildman–Crippen LogP) is 11.2. The van der Waals surface area contributed by atoms with Gasteiger partial charge in [-0.15, -0.1) is 0 Å². The van der Waals surface area contributed by atoms with Crippen molar-refractivity contribution in [3.8, 4) is 56.5 Å². The minimum Gasteiger partial charge on any atom is -0.438 e. The summed E-state index contributed by atoms with van der Waals surface area (Å²) in [5.41, 5.74) is 8.94. The Morgan fingerprint density at radius 1 is 0.392 bits per heavy atom. The van der Waals surface area contributed by atoms with Gasteiger partial charge in [0.15, 0.2) is 17.5 Å². The third-order valence-electron chi connectivity index (χ3n) is 9.40. The van der Waals surface area contributed by atoms with Crippen LogP contribution in [-0.4, -0.2) is 24.9 Å². The van der Waals surface area contributed by atoms with Gasteiger partial charge in [-0.25, -0.2) is 19.9 Å². The number of rotatable bonds is 5. The maximum absolute atomic E-state index is 6.14. The summed E-state index contributed by atoms with van der Waals surface area (Å²) < 4.78 is 6.14. The largest absolute Gasteiger partial charge is 0.438 e. The van der Waals surface area contributed by atoms with Crippen LogP contribution in [0.15, 0.2) is 168 Å². The molecule has 6 nitrogen and oxygen atoms in total. The topological polar surface area (TPSA) is 77.6 Å². The maximum atomic E-state index is 6.14. The van der Waals surface area contributed by atoms with E-state index < -0.39 is 0 Å². The molecule has 0 spiro atoms. The summed E-state index contributed by atoms with van der Waals surface area (Å²) in [7, 11) is 0. The Bertz CT molecular complexity index is 2860. The first-order valence-electron chi connectivity index (χ1n) is 16.8. The summed E-state index contributed by atoms with van der Waals surface area (Å²) in [5, 5.41) is 5.23. The lowest BCUT2D eigenvalue weighted by Gasteiger charge is -2.14. The van der Waals surface area contributed by atoms with Gasteiger partial charge in [0, 0.05) is 44.6 Å². The number of hydrogen-bond donors (Lipinski definition) is 0. The van der Waals surface area contributed by atoms with E-state index in [1.54, 1.807) is 0 Å². The van der Waals surface area contributed by atoms with Gasteiger partial charge in [0.2, 0.25) is 5.71 Å². The summed E-state index contributed by atoms with van der Waals surface area (Å²) in [6.07, 6.45) is 1.87. The Morgan fingerprint density at radius 2 is 1.06 bits per heavy atom. The first-order chi connectivity index (χ1) is 25.3. The second kappa shape index (κ2) is 11.8. The third kappa shape index (κ3) is 5.01. The number of aromatic nitrogens is 5. The van der Waals surface area contributed by atoms with E-state index in [9.17, 15) is 0 Å². The third-order valence-corrected chi connectivity index (χ3v) is 9.40. The average molecular weight is 654 g/mol. The SMILES string of the molecule is c1ccc(-c2nc(-c3ccccc3)nc(-c3cc(-c4ccnc5c(-c6ccc7c(n6)oc6ccccc67)cccc45)cc4ccccc34)n2)cc1. The Labute approximate surface area is 292 Å². The summed E-state index contributed by atoms with van der Waals surface area (Å²) in [4.78, 5) is 25.0. The molecule has 4 heterocycles. The highest BCUT2D eigenvalue weighted by Crippen LogP contribution is 2.39. The minimum absolute atomic E-state index is 0.614. The lowest BCUT2D eigenvalue weighted by atomic mass is 9.93. The molecule has 238 valence electrons. The summed E-state index contributed by atoms with van der Waals surface area (Å²) in [6, 6.07) is 53.5. The first kappa shape index (κ1) is 28.9. The quantitative estimate of drug-likeness (QED) is 0.184. The zero-order valence-corrected chi connectivity index (χ0v) is 27.2. The van der Waals surface area contributed by atoms with Crippen LogP contribution in [0.4, 0.5) is 0 Å². The number of furan rings is 1. The molecule has 0 fully saturated rings. The van der Waals surface area contributed by atoms with E-state index in [1.165, 1.54) is 0 Å². The standard InChI is InChI=1S/C45H27N5O/c1-3-12-28(13-4-1)42-48-43(29-14-5-2-6-15-29)50-44(49-42)38-27-31(26-30-16-7-8-17-32(30)38)33-24-25-46-41-35(33)19-11-20-37(41)39-23-22-36-34-18-9-10-21-40(34)51-45(36)47-39/h1-27H. The number of hydrogen-bond acceptors (Lipinski definition) is 6. The number of nitrogens with zero attached hydrogens (tertiary/aromatic N) is 5. The highest BCUT2D eigenvalue weighted by atomic mass is 16.3. The zero-order valence-electron chi connectivity index (χ0n) is 27.2. The van der Waals surface area contributed by atoms with Crippen molar-refractivity contribution in [2.24, 2.45) is 0 Å². The first-order valence-corrected chi connectivity index (χ1v) is 16.8. The predicted molar refractivity (Wildman–Crippen MR) is 205 cm³/mol. The Balaban J connectivity index is 1.16. The summed E-state index contributed by atoms with van der Waals surface area (Å²) in [5.74, 6) is 1.87. The molecule has 0 aliphatic rings. The molecule has 51 heavy (non-hydrogen) atoms. The highest BCUT2D eigenvalue weighted by molar-refractivity contribution is 6.07. The normalized spacial score (nSPS) is 11.5. The average Bonchev–Trinajstić information content (AvgIpc) is 3.58. The van der Waals surface area contributed by atoms with Crippen LogP contribution in [0, 0.1) is 0 Å². The van der Waals surface area contributed by atoms with E-state index in [0.717, 1.165) is 77.1 Å². The smallest absolute Gasteiger partial charge is 0.227 e. The van der Waals surface area contributed by atoms with Gasteiger partial charge < -0.3 is 4.42 Å². The molecule has 0 radical (unpaired) electrons. The number of pyridine rings is 2. The number of para-hydroxylation sites is 2. The highest BCUT2D eigenvalue weighted by Gasteiger charge is 2.18. The zero-order chi connectivity index (χ0) is 33.7. The molecule has 10 aromatic rings. The van der Waals surface area contributed by atoms with Gasteiger partial charge in [0.05, 0.1) is 11.2 Å². The van der Waals surface area contributed by atoms with Crippen LogP contribution in [-0.2, 0) is 0 Å². The lowest BCUT2D eigenvalue weighted by Crippen LogP contribution is -2.01. The van der Waals surface area contributed by atoms with Gasteiger partial charge in [-0.3, -0.25) is 4.98 Å². The molecule has 10 rings (SSSR count). The molecule has 0 saturated carbocycles. The molecule has 0 atom stereocenters.